The number of imide groups is 1. The van der Waals surface area contributed by atoms with Crippen LogP contribution in [0.3, 0.4) is 0 Å². The van der Waals surface area contributed by atoms with Crippen LogP contribution in [-0.4, -0.2) is 33.8 Å². The third kappa shape index (κ3) is 1.56. The van der Waals surface area contributed by atoms with Crippen molar-refractivity contribution in [2.45, 2.75) is 39.2 Å². The predicted molar refractivity (Wildman–Crippen MR) is 65.9 cm³/mol. The molecule has 3 fully saturated rings. The molecule has 0 aromatic carbocycles. The van der Waals surface area contributed by atoms with Gasteiger partial charge in [0.25, 0.3) is 0 Å². The quantitative estimate of drug-likeness (QED) is 0.776. The number of carboxylic acid groups (broad SMARTS) is 1. The number of carbonyl (C=O) groups is 3. The Morgan fingerprint density at radius 3 is 2.00 bits per heavy atom. The zero-order chi connectivity index (χ0) is 13.9. The Morgan fingerprint density at radius 2 is 1.63 bits per heavy atom. The van der Waals surface area contributed by atoms with Crippen LogP contribution in [-0.2, 0) is 14.4 Å². The van der Waals surface area contributed by atoms with Crippen molar-refractivity contribution in [3.8, 4) is 0 Å². The van der Waals surface area contributed by atoms with E-state index in [-0.39, 0.29) is 29.6 Å². The summed E-state index contributed by atoms with van der Waals surface area (Å²) in [4.78, 5) is 37.4. The highest BCUT2D eigenvalue weighted by Gasteiger charge is 2.62. The van der Waals surface area contributed by atoms with Gasteiger partial charge in [-0.05, 0) is 37.0 Å². The minimum absolute atomic E-state index is 0.230. The first-order chi connectivity index (χ1) is 8.93. The van der Waals surface area contributed by atoms with E-state index in [0.29, 0.717) is 11.8 Å². The number of likely N-dealkylation sites (tertiary alicyclic amines) is 1. The van der Waals surface area contributed by atoms with E-state index in [2.05, 4.69) is 0 Å². The highest BCUT2D eigenvalue weighted by Crippen LogP contribution is 2.56. The van der Waals surface area contributed by atoms with Crippen LogP contribution in [0, 0.1) is 29.6 Å². The van der Waals surface area contributed by atoms with Gasteiger partial charge in [-0.15, -0.1) is 0 Å². The molecule has 104 valence electrons. The average molecular weight is 265 g/mol. The summed E-state index contributed by atoms with van der Waals surface area (Å²) in [7, 11) is 0. The van der Waals surface area contributed by atoms with Crippen molar-refractivity contribution in [3.05, 3.63) is 0 Å². The molecule has 0 radical (unpaired) electrons. The van der Waals surface area contributed by atoms with Gasteiger partial charge in [-0.2, -0.15) is 0 Å². The molecular formula is C14H19NO4. The number of fused-ring (bicyclic) bond motifs is 5. The molecule has 1 aliphatic heterocycles. The fraction of sp³-hybridized carbons (Fsp3) is 0.786. The lowest BCUT2D eigenvalue weighted by molar-refractivity contribution is -0.157. The third-order valence-corrected chi connectivity index (χ3v) is 5.12. The van der Waals surface area contributed by atoms with Crippen LogP contribution in [0.5, 0.6) is 0 Å². The summed E-state index contributed by atoms with van der Waals surface area (Å²) in [6.45, 7) is 3.48. The maximum atomic E-state index is 12.5. The molecule has 3 rings (SSSR count). The van der Waals surface area contributed by atoms with Crippen molar-refractivity contribution in [2.75, 3.05) is 0 Å². The number of hydrogen-bond donors (Lipinski definition) is 1. The Balaban J connectivity index is 1.94. The lowest BCUT2D eigenvalue weighted by atomic mass is 9.81. The van der Waals surface area contributed by atoms with Gasteiger partial charge in [-0.25, -0.2) is 4.79 Å². The molecule has 2 bridgehead atoms. The zero-order valence-corrected chi connectivity index (χ0v) is 11.2. The summed E-state index contributed by atoms with van der Waals surface area (Å²) < 4.78 is 0. The second kappa shape index (κ2) is 4.05. The molecule has 0 aromatic heterocycles. The second-order valence-corrected chi connectivity index (χ2v) is 6.46. The van der Waals surface area contributed by atoms with E-state index in [0.717, 1.165) is 24.2 Å². The molecule has 2 saturated carbocycles. The van der Waals surface area contributed by atoms with E-state index in [9.17, 15) is 19.5 Å². The van der Waals surface area contributed by atoms with Crippen molar-refractivity contribution in [1.29, 1.82) is 0 Å². The van der Waals surface area contributed by atoms with E-state index in [4.69, 9.17) is 0 Å². The van der Waals surface area contributed by atoms with E-state index < -0.39 is 12.0 Å². The Morgan fingerprint density at radius 1 is 1.16 bits per heavy atom. The van der Waals surface area contributed by atoms with Gasteiger partial charge in [0.15, 0.2) is 0 Å². The van der Waals surface area contributed by atoms with Crippen LogP contribution in [0.4, 0.5) is 0 Å². The molecule has 1 heterocycles. The van der Waals surface area contributed by atoms with Crippen molar-refractivity contribution < 1.29 is 19.5 Å². The first kappa shape index (κ1) is 12.6. The first-order valence-electron chi connectivity index (χ1n) is 7.03. The highest BCUT2D eigenvalue weighted by atomic mass is 16.4. The van der Waals surface area contributed by atoms with Crippen molar-refractivity contribution in [2.24, 2.45) is 29.6 Å². The molecule has 5 atom stereocenters. The van der Waals surface area contributed by atoms with Gasteiger partial charge >= 0.3 is 5.97 Å². The standard InChI is InChI=1S/C14H19NO4/c1-6(2)11(14(18)19)15-12(16)9-7-3-4-8(5-7)10(9)13(15)17/h6-11H,3-5H2,1-2H3,(H,18,19)/t7-,8+,9-,10+,11-/m0/s1. The van der Waals surface area contributed by atoms with E-state index in [1.54, 1.807) is 13.8 Å². The number of hydrogen-bond acceptors (Lipinski definition) is 3. The number of amides is 2. The largest absolute Gasteiger partial charge is 0.480 e. The van der Waals surface area contributed by atoms with E-state index >= 15 is 0 Å². The Bertz CT molecular complexity index is 430. The molecule has 2 aliphatic carbocycles. The summed E-state index contributed by atoms with van der Waals surface area (Å²) in [6, 6.07) is -1.01. The monoisotopic (exact) mass is 265 g/mol. The van der Waals surface area contributed by atoms with Crippen LogP contribution >= 0.6 is 0 Å². The molecule has 1 saturated heterocycles. The van der Waals surface area contributed by atoms with Crippen LogP contribution in [0.15, 0.2) is 0 Å². The molecule has 0 aromatic rings. The zero-order valence-electron chi connectivity index (χ0n) is 11.2. The molecule has 2 amide bonds. The third-order valence-electron chi connectivity index (χ3n) is 5.12. The van der Waals surface area contributed by atoms with Gasteiger partial charge in [-0.3, -0.25) is 14.5 Å². The van der Waals surface area contributed by atoms with Crippen LogP contribution in [0.2, 0.25) is 0 Å². The Labute approximate surface area is 112 Å². The maximum absolute atomic E-state index is 12.5. The lowest BCUT2D eigenvalue weighted by Gasteiger charge is -2.27. The summed E-state index contributed by atoms with van der Waals surface area (Å²) in [6.07, 6.45) is 3.00. The van der Waals surface area contributed by atoms with Crippen LogP contribution < -0.4 is 0 Å². The summed E-state index contributed by atoms with van der Waals surface area (Å²) in [5.74, 6) is -1.66. The smallest absolute Gasteiger partial charge is 0.327 e. The second-order valence-electron chi connectivity index (χ2n) is 6.46. The fourth-order valence-corrected chi connectivity index (χ4v) is 4.40. The number of nitrogens with zero attached hydrogens (tertiary/aromatic N) is 1. The summed E-state index contributed by atoms with van der Waals surface area (Å²) in [5, 5.41) is 9.30. The van der Waals surface area contributed by atoms with Gasteiger partial charge in [-0.1, -0.05) is 13.8 Å². The van der Waals surface area contributed by atoms with Gasteiger partial charge in [0.2, 0.25) is 11.8 Å². The van der Waals surface area contributed by atoms with Gasteiger partial charge in [0.05, 0.1) is 11.8 Å². The van der Waals surface area contributed by atoms with Crippen molar-refractivity contribution in [3.63, 3.8) is 0 Å². The number of carboxylic acids is 1. The average Bonchev–Trinajstić information content (AvgIpc) is 2.97. The highest BCUT2D eigenvalue weighted by molar-refractivity contribution is 6.08. The molecule has 0 spiro atoms. The predicted octanol–water partition coefficient (Wildman–Crippen LogP) is 1.13. The Kier molecular flexibility index (Phi) is 2.69. The maximum Gasteiger partial charge on any atom is 0.327 e. The topological polar surface area (TPSA) is 74.7 Å². The minimum atomic E-state index is -1.08. The van der Waals surface area contributed by atoms with Gasteiger partial charge in [0, 0.05) is 0 Å². The molecule has 19 heavy (non-hydrogen) atoms. The van der Waals surface area contributed by atoms with E-state index in [1.165, 1.54) is 0 Å². The van der Waals surface area contributed by atoms with Crippen molar-refractivity contribution in [1.82, 2.24) is 4.90 Å². The molecule has 5 heteroatoms. The fourth-order valence-electron chi connectivity index (χ4n) is 4.40. The molecular weight excluding hydrogens is 246 g/mol. The van der Waals surface area contributed by atoms with Crippen LogP contribution in [0.1, 0.15) is 33.1 Å². The minimum Gasteiger partial charge on any atom is -0.480 e. The molecule has 0 unspecified atom stereocenters. The Hall–Kier alpha value is -1.39. The van der Waals surface area contributed by atoms with Crippen molar-refractivity contribution >= 4 is 17.8 Å². The van der Waals surface area contributed by atoms with E-state index in [1.807, 2.05) is 0 Å². The summed E-state index contributed by atoms with van der Waals surface area (Å²) >= 11 is 0. The van der Waals surface area contributed by atoms with Crippen LogP contribution in [0.25, 0.3) is 0 Å². The normalized spacial score (nSPS) is 38.2. The summed E-state index contributed by atoms with van der Waals surface area (Å²) in [5.41, 5.74) is 0. The number of aliphatic carboxylic acids is 1. The van der Waals surface area contributed by atoms with Gasteiger partial charge < -0.3 is 5.11 Å². The number of carbonyl (C=O) groups excluding carboxylic acids is 2. The lowest BCUT2D eigenvalue weighted by Crippen LogP contribution is -2.49. The molecule has 3 aliphatic rings. The molecule has 5 nitrogen and oxygen atoms in total. The first-order valence-corrected chi connectivity index (χ1v) is 7.03. The molecule has 1 N–H and O–H groups in total. The van der Waals surface area contributed by atoms with Gasteiger partial charge in [0.1, 0.15) is 6.04 Å². The SMILES string of the molecule is CC(C)[C@@H](C(=O)O)N1C(=O)[C@@H]2[C@@H]3CC[C@@H](C3)[C@@H]2C1=O. The number of rotatable bonds is 3.